The highest BCUT2D eigenvalue weighted by atomic mass is 16.5. The molecule has 0 spiro atoms. The number of hydrogen-bond donors (Lipinski definition) is 0. The first kappa shape index (κ1) is 9.47. The van der Waals surface area contributed by atoms with Gasteiger partial charge in [0, 0.05) is 13.2 Å². The van der Waals surface area contributed by atoms with Crippen molar-refractivity contribution in [3.8, 4) is 0 Å². The van der Waals surface area contributed by atoms with Crippen LogP contribution in [0.25, 0.3) is 0 Å². The Morgan fingerprint density at radius 2 is 1.23 bits per heavy atom. The highest BCUT2D eigenvalue weighted by Gasteiger charge is 2.18. The molecule has 2 saturated heterocycles. The molecule has 2 fully saturated rings. The molecule has 2 rings (SSSR count). The molecule has 76 valence electrons. The van der Waals surface area contributed by atoms with Crippen LogP contribution in [-0.4, -0.2) is 25.4 Å². The van der Waals surface area contributed by atoms with Gasteiger partial charge in [-0.05, 0) is 25.7 Å². The van der Waals surface area contributed by atoms with Gasteiger partial charge in [0.05, 0.1) is 12.2 Å². The van der Waals surface area contributed by atoms with Gasteiger partial charge in [-0.2, -0.15) is 0 Å². The lowest BCUT2D eigenvalue weighted by molar-refractivity contribution is -0.0593. The summed E-state index contributed by atoms with van der Waals surface area (Å²) >= 11 is 0. The molecule has 13 heavy (non-hydrogen) atoms. The molecule has 2 nitrogen and oxygen atoms in total. The molecule has 0 bridgehead atoms. The molecule has 0 N–H and O–H groups in total. The Morgan fingerprint density at radius 3 is 1.54 bits per heavy atom. The molecule has 0 aromatic rings. The summed E-state index contributed by atoms with van der Waals surface area (Å²) in [6.07, 6.45) is 10.4. The van der Waals surface area contributed by atoms with Crippen LogP contribution in [0.3, 0.4) is 0 Å². The highest BCUT2D eigenvalue weighted by molar-refractivity contribution is 4.68. The monoisotopic (exact) mass is 184 g/mol. The second kappa shape index (κ2) is 4.97. The number of hydrogen-bond acceptors (Lipinski definition) is 2. The van der Waals surface area contributed by atoms with Crippen LogP contribution in [0.1, 0.15) is 44.9 Å². The standard InChI is InChI=1S/C11H20O2/c1(2-4-10-6-8-12-10)3-5-11-7-9-13-11/h10-11H,1-9H2. The summed E-state index contributed by atoms with van der Waals surface area (Å²) in [6.45, 7) is 2.00. The lowest BCUT2D eigenvalue weighted by Crippen LogP contribution is -2.27. The topological polar surface area (TPSA) is 18.5 Å². The van der Waals surface area contributed by atoms with E-state index in [4.69, 9.17) is 9.47 Å². The SMILES string of the molecule is C(CCC1CCO1)CCC1CCO1. The fourth-order valence-electron chi connectivity index (χ4n) is 1.95. The Balaban J connectivity index is 1.36. The summed E-state index contributed by atoms with van der Waals surface area (Å²) in [5, 5.41) is 0. The maximum atomic E-state index is 5.37. The Hall–Kier alpha value is -0.0800. The van der Waals surface area contributed by atoms with Gasteiger partial charge in [-0.1, -0.05) is 19.3 Å². The van der Waals surface area contributed by atoms with E-state index in [1.54, 1.807) is 0 Å². The minimum absolute atomic E-state index is 0.611. The van der Waals surface area contributed by atoms with Crippen LogP contribution in [0.4, 0.5) is 0 Å². The third-order valence-corrected chi connectivity index (χ3v) is 3.14. The third-order valence-electron chi connectivity index (χ3n) is 3.14. The molecule has 0 aromatic carbocycles. The minimum Gasteiger partial charge on any atom is -0.378 e. The van der Waals surface area contributed by atoms with Crippen molar-refractivity contribution in [3.63, 3.8) is 0 Å². The van der Waals surface area contributed by atoms with Crippen LogP contribution in [-0.2, 0) is 9.47 Å². The van der Waals surface area contributed by atoms with Crippen molar-refractivity contribution in [1.29, 1.82) is 0 Å². The second-order valence-corrected chi connectivity index (χ2v) is 4.20. The van der Waals surface area contributed by atoms with Crippen LogP contribution in [0.15, 0.2) is 0 Å². The number of rotatable bonds is 6. The van der Waals surface area contributed by atoms with E-state index in [9.17, 15) is 0 Å². The molecule has 0 radical (unpaired) electrons. The van der Waals surface area contributed by atoms with Gasteiger partial charge in [0.1, 0.15) is 0 Å². The van der Waals surface area contributed by atoms with Crippen molar-refractivity contribution in [2.45, 2.75) is 57.2 Å². The van der Waals surface area contributed by atoms with Gasteiger partial charge < -0.3 is 9.47 Å². The molecule has 0 aromatic heterocycles. The van der Waals surface area contributed by atoms with Gasteiger partial charge in [-0.25, -0.2) is 0 Å². The summed E-state index contributed by atoms with van der Waals surface area (Å²) in [5.41, 5.74) is 0. The first-order valence-electron chi connectivity index (χ1n) is 5.68. The smallest absolute Gasteiger partial charge is 0.0597 e. The van der Waals surface area contributed by atoms with E-state index in [2.05, 4.69) is 0 Å². The Bertz CT molecular complexity index is 123. The van der Waals surface area contributed by atoms with E-state index >= 15 is 0 Å². The number of ether oxygens (including phenoxy) is 2. The summed E-state index contributed by atoms with van der Waals surface area (Å²) in [7, 11) is 0. The lowest BCUT2D eigenvalue weighted by Gasteiger charge is -2.27. The van der Waals surface area contributed by atoms with E-state index in [1.807, 2.05) is 0 Å². The van der Waals surface area contributed by atoms with Crippen LogP contribution in [0, 0.1) is 0 Å². The van der Waals surface area contributed by atoms with Crippen molar-refractivity contribution in [2.24, 2.45) is 0 Å². The van der Waals surface area contributed by atoms with Crippen molar-refractivity contribution >= 4 is 0 Å². The second-order valence-electron chi connectivity index (χ2n) is 4.20. The largest absolute Gasteiger partial charge is 0.378 e. The van der Waals surface area contributed by atoms with Crippen LogP contribution in [0.2, 0.25) is 0 Å². The van der Waals surface area contributed by atoms with E-state index in [0.29, 0.717) is 12.2 Å². The molecular weight excluding hydrogens is 164 g/mol. The average molecular weight is 184 g/mol. The first-order valence-corrected chi connectivity index (χ1v) is 5.68. The fraction of sp³-hybridized carbons (Fsp3) is 1.00. The zero-order valence-electron chi connectivity index (χ0n) is 8.34. The van der Waals surface area contributed by atoms with Crippen LogP contribution >= 0.6 is 0 Å². The molecule has 0 aliphatic carbocycles. The predicted molar refractivity (Wildman–Crippen MR) is 51.8 cm³/mol. The van der Waals surface area contributed by atoms with E-state index in [0.717, 1.165) is 13.2 Å². The van der Waals surface area contributed by atoms with E-state index < -0.39 is 0 Å². The van der Waals surface area contributed by atoms with Crippen LogP contribution < -0.4 is 0 Å². The Kier molecular flexibility index (Phi) is 3.62. The molecular formula is C11H20O2. The van der Waals surface area contributed by atoms with Gasteiger partial charge in [-0.15, -0.1) is 0 Å². The summed E-state index contributed by atoms with van der Waals surface area (Å²) < 4.78 is 10.7. The van der Waals surface area contributed by atoms with Gasteiger partial charge in [0.2, 0.25) is 0 Å². The zero-order chi connectivity index (χ0) is 8.93. The normalized spacial score (nSPS) is 32.3. The molecule has 2 unspecified atom stereocenters. The molecule has 0 amide bonds. The van der Waals surface area contributed by atoms with Crippen molar-refractivity contribution in [3.05, 3.63) is 0 Å². The molecule has 2 aliphatic heterocycles. The maximum absolute atomic E-state index is 5.37. The first-order chi connectivity index (χ1) is 6.45. The summed E-state index contributed by atoms with van der Waals surface area (Å²) in [6, 6.07) is 0. The van der Waals surface area contributed by atoms with Gasteiger partial charge in [0.25, 0.3) is 0 Å². The Morgan fingerprint density at radius 1 is 0.769 bits per heavy atom. The Labute approximate surface area is 80.6 Å². The fourth-order valence-corrected chi connectivity index (χ4v) is 1.95. The lowest BCUT2D eigenvalue weighted by atomic mass is 10.0. The van der Waals surface area contributed by atoms with Gasteiger partial charge >= 0.3 is 0 Å². The van der Waals surface area contributed by atoms with Crippen molar-refractivity contribution in [2.75, 3.05) is 13.2 Å². The van der Waals surface area contributed by atoms with Crippen molar-refractivity contribution in [1.82, 2.24) is 0 Å². The quantitative estimate of drug-likeness (QED) is 0.590. The van der Waals surface area contributed by atoms with Crippen molar-refractivity contribution < 1.29 is 9.47 Å². The summed E-state index contributed by atoms with van der Waals surface area (Å²) in [4.78, 5) is 0. The molecule has 0 saturated carbocycles. The van der Waals surface area contributed by atoms with E-state index in [-0.39, 0.29) is 0 Å². The maximum Gasteiger partial charge on any atom is 0.0597 e. The molecule has 2 aliphatic rings. The number of unbranched alkanes of at least 4 members (excludes halogenated alkanes) is 2. The molecule has 2 heteroatoms. The average Bonchev–Trinajstić information content (AvgIpc) is 1.96. The van der Waals surface area contributed by atoms with Crippen LogP contribution in [0.5, 0.6) is 0 Å². The highest BCUT2D eigenvalue weighted by Crippen LogP contribution is 2.21. The third kappa shape index (κ3) is 2.96. The van der Waals surface area contributed by atoms with Gasteiger partial charge in [-0.3, -0.25) is 0 Å². The molecule has 2 heterocycles. The van der Waals surface area contributed by atoms with Gasteiger partial charge in [0.15, 0.2) is 0 Å². The minimum atomic E-state index is 0.611. The van der Waals surface area contributed by atoms with E-state index in [1.165, 1.54) is 44.9 Å². The molecule has 2 atom stereocenters. The predicted octanol–water partition coefficient (Wildman–Crippen LogP) is 2.51. The zero-order valence-corrected chi connectivity index (χ0v) is 8.34. The summed E-state index contributed by atoms with van der Waals surface area (Å²) in [5.74, 6) is 0.